The molecule has 146 valence electrons. The Morgan fingerprint density at radius 3 is 2.56 bits per heavy atom. The van der Waals surface area contributed by atoms with E-state index in [1.54, 1.807) is 4.72 Å². The van der Waals surface area contributed by atoms with Gasteiger partial charge in [0.15, 0.2) is 0 Å². The lowest BCUT2D eigenvalue weighted by Crippen LogP contribution is -2.29. The molecule has 10 heteroatoms. The Morgan fingerprint density at radius 1 is 1.30 bits per heavy atom. The molecule has 2 aromatic rings. The average Bonchev–Trinajstić information content (AvgIpc) is 2.52. The topological polar surface area (TPSA) is 94.6 Å². The third-order valence-corrected chi connectivity index (χ3v) is 3.86. The second kappa shape index (κ2) is 8.53. The van der Waals surface area contributed by atoms with Crippen molar-refractivity contribution in [2.45, 2.75) is 13.8 Å². The first-order chi connectivity index (χ1) is 12.5. The highest BCUT2D eigenvalue weighted by Crippen LogP contribution is 2.30. The summed E-state index contributed by atoms with van der Waals surface area (Å²) in [4.78, 5) is 15.8. The van der Waals surface area contributed by atoms with Crippen molar-refractivity contribution in [3.05, 3.63) is 46.9 Å². The minimum atomic E-state index is -3.80. The molecule has 1 aromatic carbocycles. The number of hydrogen-bond donors (Lipinski definition) is 1. The van der Waals surface area contributed by atoms with Gasteiger partial charge in [-0.05, 0) is 18.1 Å². The first kappa shape index (κ1) is 20.9. The number of hydrogen-bond acceptors (Lipinski definition) is 6. The predicted octanol–water partition coefficient (Wildman–Crippen LogP) is 3.39. The molecule has 0 spiro atoms. The van der Waals surface area contributed by atoms with Gasteiger partial charge < -0.3 is 9.47 Å². The molecule has 0 atom stereocenters. The van der Waals surface area contributed by atoms with Gasteiger partial charge in [0.25, 0.3) is 5.91 Å². The number of ether oxygens (including phenoxy) is 2. The zero-order valence-electron chi connectivity index (χ0n) is 14.8. The van der Waals surface area contributed by atoms with E-state index in [1.807, 2.05) is 13.8 Å². The molecular formula is C17H18ClFN2O5S. The molecule has 1 amide bonds. The third kappa shape index (κ3) is 6.37. The van der Waals surface area contributed by atoms with Gasteiger partial charge in [-0.15, -0.1) is 0 Å². The molecule has 0 saturated heterocycles. The first-order valence-electron chi connectivity index (χ1n) is 7.83. The Kier molecular flexibility index (Phi) is 6.61. The molecule has 0 saturated carbocycles. The molecule has 0 bridgehead atoms. The molecule has 0 aliphatic rings. The van der Waals surface area contributed by atoms with Crippen LogP contribution in [0.4, 0.5) is 4.39 Å². The Bertz CT molecular complexity index is 950. The Hall–Kier alpha value is -2.39. The minimum absolute atomic E-state index is 0.0807. The molecule has 27 heavy (non-hydrogen) atoms. The van der Waals surface area contributed by atoms with Gasteiger partial charge in [-0.3, -0.25) is 4.79 Å². The van der Waals surface area contributed by atoms with Crippen LogP contribution in [0.3, 0.4) is 0 Å². The summed E-state index contributed by atoms with van der Waals surface area (Å²) in [5.74, 6) is -1.12. The average molecular weight is 417 g/mol. The number of nitrogens with one attached hydrogen (secondary N) is 1. The summed E-state index contributed by atoms with van der Waals surface area (Å²) in [6, 6.07) is 4.85. The van der Waals surface area contributed by atoms with E-state index in [2.05, 4.69) is 4.98 Å². The lowest BCUT2D eigenvalue weighted by atomic mass is 10.2. The lowest BCUT2D eigenvalue weighted by molar-refractivity contribution is 0.0977. The van der Waals surface area contributed by atoms with Crippen LogP contribution in [0, 0.1) is 11.7 Å². The molecule has 7 nitrogen and oxygen atoms in total. The van der Waals surface area contributed by atoms with E-state index in [0.717, 1.165) is 18.4 Å². The lowest BCUT2D eigenvalue weighted by Gasteiger charge is -2.11. The maximum absolute atomic E-state index is 14.1. The van der Waals surface area contributed by atoms with Gasteiger partial charge in [0, 0.05) is 12.1 Å². The van der Waals surface area contributed by atoms with Crippen molar-refractivity contribution >= 4 is 27.5 Å². The molecule has 1 heterocycles. The fraction of sp³-hybridized carbons (Fsp3) is 0.294. The van der Waals surface area contributed by atoms with Gasteiger partial charge in [-0.25, -0.2) is 22.5 Å². The summed E-state index contributed by atoms with van der Waals surface area (Å²) >= 11 is 6.09. The van der Waals surface area contributed by atoms with Crippen molar-refractivity contribution in [2.75, 3.05) is 12.9 Å². The van der Waals surface area contributed by atoms with E-state index < -0.39 is 27.3 Å². The molecule has 0 unspecified atom stereocenters. The van der Waals surface area contributed by atoms with E-state index >= 15 is 0 Å². The summed E-state index contributed by atoms with van der Waals surface area (Å²) in [7, 11) is -3.80. The van der Waals surface area contributed by atoms with Crippen LogP contribution in [0.5, 0.6) is 17.4 Å². The van der Waals surface area contributed by atoms with Crippen molar-refractivity contribution < 1.29 is 27.1 Å². The highest BCUT2D eigenvalue weighted by atomic mass is 35.5. The fourth-order valence-electron chi connectivity index (χ4n) is 1.92. The van der Waals surface area contributed by atoms with E-state index in [9.17, 15) is 17.6 Å². The summed E-state index contributed by atoms with van der Waals surface area (Å²) in [5, 5.41) is 0.234. The van der Waals surface area contributed by atoms with E-state index in [0.29, 0.717) is 12.5 Å². The Morgan fingerprint density at radius 2 is 2.00 bits per heavy atom. The second-order valence-electron chi connectivity index (χ2n) is 6.11. The Labute approximate surface area is 161 Å². The summed E-state index contributed by atoms with van der Waals surface area (Å²) < 4.78 is 48.8. The molecule has 0 fully saturated rings. The van der Waals surface area contributed by atoms with Gasteiger partial charge in [0.05, 0.1) is 24.6 Å². The fourth-order valence-corrected chi connectivity index (χ4v) is 2.58. The minimum Gasteiger partial charge on any atom is -0.476 e. The standard InChI is InChI=1S/C17H18ClFN2O5S/c1-10(2)9-25-17-14(18)6-12(8-20-17)26-11-4-5-13(15(19)7-11)16(22)21-27(3,23)24/h4-8,10H,9H2,1-3H3,(H,21,22). The largest absolute Gasteiger partial charge is 0.476 e. The number of benzene rings is 1. The van der Waals surface area contributed by atoms with Gasteiger partial charge in [0.1, 0.15) is 22.3 Å². The molecule has 1 aromatic heterocycles. The van der Waals surface area contributed by atoms with E-state index in [4.69, 9.17) is 21.1 Å². The second-order valence-corrected chi connectivity index (χ2v) is 8.27. The number of aromatic nitrogens is 1. The number of nitrogens with zero attached hydrogens (tertiary/aromatic N) is 1. The molecule has 1 N–H and O–H groups in total. The number of amides is 1. The molecule has 0 radical (unpaired) electrons. The van der Waals surface area contributed by atoms with Crippen molar-refractivity contribution in [3.63, 3.8) is 0 Å². The first-order valence-corrected chi connectivity index (χ1v) is 10.1. The summed E-state index contributed by atoms with van der Waals surface area (Å²) in [5.41, 5.74) is -0.429. The number of pyridine rings is 1. The van der Waals surface area contributed by atoms with Gasteiger partial charge in [-0.2, -0.15) is 0 Å². The highest BCUT2D eigenvalue weighted by Gasteiger charge is 2.16. The van der Waals surface area contributed by atoms with Gasteiger partial charge in [-0.1, -0.05) is 25.4 Å². The van der Waals surface area contributed by atoms with E-state index in [-0.39, 0.29) is 22.4 Å². The normalized spacial score (nSPS) is 11.3. The third-order valence-electron chi connectivity index (χ3n) is 3.03. The maximum atomic E-state index is 14.1. The summed E-state index contributed by atoms with van der Waals surface area (Å²) in [6.45, 7) is 4.43. The van der Waals surface area contributed by atoms with E-state index in [1.165, 1.54) is 18.3 Å². The monoisotopic (exact) mass is 416 g/mol. The number of sulfonamides is 1. The van der Waals surface area contributed by atoms with Crippen LogP contribution in [0.1, 0.15) is 24.2 Å². The quantitative estimate of drug-likeness (QED) is 0.743. The molecule has 2 rings (SSSR count). The smallest absolute Gasteiger partial charge is 0.267 e. The van der Waals surface area contributed by atoms with Crippen LogP contribution in [0.2, 0.25) is 5.02 Å². The maximum Gasteiger partial charge on any atom is 0.267 e. The van der Waals surface area contributed by atoms with Crippen LogP contribution < -0.4 is 14.2 Å². The van der Waals surface area contributed by atoms with Crippen LogP contribution in [0.25, 0.3) is 0 Å². The zero-order chi connectivity index (χ0) is 20.2. The number of rotatable bonds is 7. The zero-order valence-corrected chi connectivity index (χ0v) is 16.4. The van der Waals surface area contributed by atoms with Gasteiger partial charge >= 0.3 is 0 Å². The number of carbonyl (C=O) groups excluding carboxylic acids is 1. The predicted molar refractivity (Wildman–Crippen MR) is 98.4 cm³/mol. The summed E-state index contributed by atoms with van der Waals surface area (Å²) in [6.07, 6.45) is 2.16. The van der Waals surface area contributed by atoms with Crippen LogP contribution >= 0.6 is 11.6 Å². The SMILES string of the molecule is CC(C)COc1ncc(Oc2ccc(C(=O)NS(C)(=O)=O)c(F)c2)cc1Cl. The highest BCUT2D eigenvalue weighted by molar-refractivity contribution is 7.89. The van der Waals surface area contributed by atoms with Crippen molar-refractivity contribution in [3.8, 4) is 17.4 Å². The molecular weight excluding hydrogens is 399 g/mol. The van der Waals surface area contributed by atoms with Crippen LogP contribution in [-0.2, 0) is 10.0 Å². The van der Waals surface area contributed by atoms with Crippen LogP contribution in [0.15, 0.2) is 30.5 Å². The molecule has 0 aliphatic heterocycles. The van der Waals surface area contributed by atoms with Crippen molar-refractivity contribution in [1.29, 1.82) is 0 Å². The number of halogens is 2. The van der Waals surface area contributed by atoms with Crippen molar-refractivity contribution in [1.82, 2.24) is 9.71 Å². The number of carbonyl (C=O) groups is 1. The van der Waals surface area contributed by atoms with Crippen LogP contribution in [-0.4, -0.2) is 32.2 Å². The molecule has 0 aliphatic carbocycles. The van der Waals surface area contributed by atoms with Gasteiger partial charge in [0.2, 0.25) is 15.9 Å². The van der Waals surface area contributed by atoms with Crippen molar-refractivity contribution in [2.24, 2.45) is 5.92 Å². The Balaban J connectivity index is 2.13.